The number of hydrogen-bond acceptors (Lipinski definition) is 2. The number of rotatable bonds is 3. The van der Waals surface area contributed by atoms with Crippen LogP contribution in [0.3, 0.4) is 0 Å². The molecule has 0 aliphatic rings. The summed E-state index contributed by atoms with van der Waals surface area (Å²) in [6, 6.07) is 2.92. The summed E-state index contributed by atoms with van der Waals surface area (Å²) in [4.78, 5) is 14.8. The Balaban J connectivity index is 2.50. The first kappa shape index (κ1) is 9.57. The first-order chi connectivity index (χ1) is 6.20. The first-order valence-corrected chi connectivity index (χ1v) is 3.66. The number of carbonyl (C=O) groups is 1. The van der Waals surface area contributed by atoms with E-state index in [1.165, 1.54) is 24.5 Å². The number of nitrogens with one attached hydrogen (secondary N) is 1. The van der Waals surface area contributed by atoms with Gasteiger partial charge in [0.1, 0.15) is 0 Å². The van der Waals surface area contributed by atoms with Crippen molar-refractivity contribution in [3.63, 3.8) is 0 Å². The highest BCUT2D eigenvalue weighted by atomic mass is 19.3. The fraction of sp³-hybridized carbons (Fsp3) is 0.250. The van der Waals surface area contributed by atoms with E-state index >= 15 is 0 Å². The summed E-state index contributed by atoms with van der Waals surface area (Å²) in [5.74, 6) is -0.511. The standard InChI is InChI=1S/C8H8F2N2O/c9-7(10)5-12-8(13)6-1-3-11-4-2-6/h1-4,7H,5H2,(H,12,13). The molecule has 1 aromatic heterocycles. The number of nitrogens with zero attached hydrogens (tertiary/aromatic N) is 1. The van der Waals surface area contributed by atoms with E-state index in [2.05, 4.69) is 10.3 Å². The van der Waals surface area contributed by atoms with Gasteiger partial charge in [-0.15, -0.1) is 0 Å². The Kier molecular flexibility index (Phi) is 3.31. The molecule has 70 valence electrons. The average Bonchev–Trinajstić information content (AvgIpc) is 2.15. The van der Waals surface area contributed by atoms with Crippen molar-refractivity contribution in [1.29, 1.82) is 0 Å². The molecule has 0 unspecified atom stereocenters. The molecule has 1 rings (SSSR count). The molecular formula is C8H8F2N2O. The fourth-order valence-electron chi connectivity index (χ4n) is 0.775. The van der Waals surface area contributed by atoms with Crippen LogP contribution < -0.4 is 5.32 Å². The summed E-state index contributed by atoms with van der Waals surface area (Å²) < 4.78 is 23.4. The zero-order valence-electron chi connectivity index (χ0n) is 6.71. The highest BCUT2D eigenvalue weighted by molar-refractivity contribution is 5.93. The van der Waals surface area contributed by atoms with Gasteiger partial charge in [-0.2, -0.15) is 0 Å². The quantitative estimate of drug-likeness (QED) is 0.767. The van der Waals surface area contributed by atoms with Crippen LogP contribution in [0.15, 0.2) is 24.5 Å². The van der Waals surface area contributed by atoms with Crippen molar-refractivity contribution >= 4 is 5.91 Å². The molecule has 1 aromatic rings. The summed E-state index contributed by atoms with van der Waals surface area (Å²) >= 11 is 0. The topological polar surface area (TPSA) is 42.0 Å². The minimum atomic E-state index is -2.52. The third-order valence-corrected chi connectivity index (χ3v) is 1.36. The van der Waals surface area contributed by atoms with Crippen molar-refractivity contribution in [2.24, 2.45) is 0 Å². The molecule has 0 saturated carbocycles. The lowest BCUT2D eigenvalue weighted by Crippen LogP contribution is -2.28. The molecular weight excluding hydrogens is 178 g/mol. The largest absolute Gasteiger partial charge is 0.346 e. The monoisotopic (exact) mass is 186 g/mol. The van der Waals surface area contributed by atoms with Crippen LogP contribution in [0.5, 0.6) is 0 Å². The highest BCUT2D eigenvalue weighted by Gasteiger charge is 2.07. The predicted molar refractivity (Wildman–Crippen MR) is 42.6 cm³/mol. The van der Waals surface area contributed by atoms with Gasteiger partial charge in [0.15, 0.2) is 0 Å². The van der Waals surface area contributed by atoms with Crippen LogP contribution in [-0.4, -0.2) is 23.9 Å². The Bertz CT molecular complexity index is 277. The van der Waals surface area contributed by atoms with Crippen molar-refractivity contribution < 1.29 is 13.6 Å². The molecule has 0 aromatic carbocycles. The van der Waals surface area contributed by atoms with Crippen LogP contribution in [0.2, 0.25) is 0 Å². The SMILES string of the molecule is O=C(NCC(F)F)c1ccncc1. The van der Waals surface area contributed by atoms with Gasteiger partial charge < -0.3 is 5.32 Å². The molecule has 0 spiro atoms. The number of halogens is 2. The molecule has 1 N–H and O–H groups in total. The van der Waals surface area contributed by atoms with Crippen molar-refractivity contribution in [2.75, 3.05) is 6.54 Å². The van der Waals surface area contributed by atoms with Gasteiger partial charge in [0.05, 0.1) is 6.54 Å². The fourth-order valence-corrected chi connectivity index (χ4v) is 0.775. The number of carbonyl (C=O) groups excluding carboxylic acids is 1. The molecule has 13 heavy (non-hydrogen) atoms. The van der Waals surface area contributed by atoms with Crippen molar-refractivity contribution in [2.45, 2.75) is 6.43 Å². The molecule has 0 fully saturated rings. The lowest BCUT2D eigenvalue weighted by atomic mass is 10.2. The molecule has 0 saturated heterocycles. The Hall–Kier alpha value is -1.52. The third-order valence-electron chi connectivity index (χ3n) is 1.36. The Labute approximate surface area is 73.8 Å². The maximum atomic E-state index is 11.7. The van der Waals surface area contributed by atoms with Gasteiger partial charge in [0, 0.05) is 18.0 Å². The molecule has 5 heteroatoms. The van der Waals surface area contributed by atoms with E-state index in [1.54, 1.807) is 0 Å². The van der Waals surface area contributed by atoms with Gasteiger partial charge in [0.25, 0.3) is 12.3 Å². The second-order valence-corrected chi connectivity index (χ2v) is 2.34. The van der Waals surface area contributed by atoms with Gasteiger partial charge in [-0.25, -0.2) is 8.78 Å². The smallest absolute Gasteiger partial charge is 0.255 e. The second-order valence-electron chi connectivity index (χ2n) is 2.34. The normalized spacial score (nSPS) is 10.1. The maximum absolute atomic E-state index is 11.7. The van der Waals surface area contributed by atoms with E-state index in [9.17, 15) is 13.6 Å². The summed E-state index contributed by atoms with van der Waals surface area (Å²) in [5, 5.41) is 2.08. The van der Waals surface area contributed by atoms with E-state index in [-0.39, 0.29) is 0 Å². The number of alkyl halides is 2. The van der Waals surface area contributed by atoms with E-state index in [1.807, 2.05) is 0 Å². The zero-order chi connectivity index (χ0) is 9.68. The molecule has 0 atom stereocenters. The molecule has 1 amide bonds. The number of hydrogen-bond donors (Lipinski definition) is 1. The maximum Gasteiger partial charge on any atom is 0.255 e. The summed E-state index contributed by atoms with van der Waals surface area (Å²) in [6.45, 7) is -0.624. The van der Waals surface area contributed by atoms with Crippen LogP contribution in [0.4, 0.5) is 8.78 Å². The van der Waals surface area contributed by atoms with Crippen LogP contribution in [0, 0.1) is 0 Å². The van der Waals surface area contributed by atoms with E-state index < -0.39 is 18.9 Å². The van der Waals surface area contributed by atoms with Gasteiger partial charge in [-0.1, -0.05) is 0 Å². The van der Waals surface area contributed by atoms with Crippen LogP contribution in [0.1, 0.15) is 10.4 Å². The third kappa shape index (κ3) is 3.14. The molecule has 1 heterocycles. The molecule has 3 nitrogen and oxygen atoms in total. The Morgan fingerprint density at radius 1 is 1.46 bits per heavy atom. The number of amides is 1. The predicted octanol–water partition coefficient (Wildman–Crippen LogP) is 1.08. The number of pyridine rings is 1. The molecule has 0 aliphatic heterocycles. The molecule has 0 radical (unpaired) electrons. The lowest BCUT2D eigenvalue weighted by molar-refractivity contribution is 0.0891. The van der Waals surface area contributed by atoms with Crippen molar-refractivity contribution in [3.8, 4) is 0 Å². The van der Waals surface area contributed by atoms with Gasteiger partial charge in [-0.3, -0.25) is 9.78 Å². The molecule has 0 aliphatic carbocycles. The first-order valence-electron chi connectivity index (χ1n) is 3.66. The van der Waals surface area contributed by atoms with Crippen LogP contribution in [0.25, 0.3) is 0 Å². The van der Waals surface area contributed by atoms with Crippen molar-refractivity contribution in [1.82, 2.24) is 10.3 Å². The second kappa shape index (κ2) is 4.49. The minimum absolute atomic E-state index is 0.329. The van der Waals surface area contributed by atoms with E-state index in [0.717, 1.165) is 0 Å². The van der Waals surface area contributed by atoms with E-state index in [0.29, 0.717) is 5.56 Å². The summed E-state index contributed by atoms with van der Waals surface area (Å²) in [5.41, 5.74) is 0.329. The van der Waals surface area contributed by atoms with Crippen LogP contribution in [-0.2, 0) is 0 Å². The summed E-state index contributed by atoms with van der Waals surface area (Å²) in [6.07, 6.45) is 0.333. The van der Waals surface area contributed by atoms with Gasteiger partial charge >= 0.3 is 0 Å². The highest BCUT2D eigenvalue weighted by Crippen LogP contribution is 1.96. The zero-order valence-corrected chi connectivity index (χ0v) is 6.71. The Morgan fingerprint density at radius 2 is 2.08 bits per heavy atom. The lowest BCUT2D eigenvalue weighted by Gasteiger charge is -2.02. The van der Waals surface area contributed by atoms with E-state index in [4.69, 9.17) is 0 Å². The minimum Gasteiger partial charge on any atom is -0.346 e. The number of aromatic nitrogens is 1. The molecule has 0 bridgehead atoms. The summed E-state index contributed by atoms with van der Waals surface area (Å²) in [7, 11) is 0. The Morgan fingerprint density at radius 3 is 2.62 bits per heavy atom. The van der Waals surface area contributed by atoms with Crippen LogP contribution >= 0.6 is 0 Å². The van der Waals surface area contributed by atoms with Gasteiger partial charge in [-0.05, 0) is 12.1 Å². The average molecular weight is 186 g/mol. The van der Waals surface area contributed by atoms with Crippen molar-refractivity contribution in [3.05, 3.63) is 30.1 Å². The van der Waals surface area contributed by atoms with Gasteiger partial charge in [0.2, 0.25) is 0 Å².